The summed E-state index contributed by atoms with van der Waals surface area (Å²) in [6.07, 6.45) is 8.61. The summed E-state index contributed by atoms with van der Waals surface area (Å²) in [5.74, 6) is -0.735. The highest BCUT2D eigenvalue weighted by atomic mass is 19.1. The standard InChI is InChI=1S/C20H21F2NO/c21-17-8-5-9-18(22)19(17)14-7-2-1-6-13(14)15-12-16(15)20(24)23-10-3-4-11-23/h5-9,15-16H,1-4,10-12H2/t15-,16+/m0/s1. The van der Waals surface area contributed by atoms with Crippen molar-refractivity contribution in [2.75, 3.05) is 13.1 Å². The Bertz CT molecular complexity index is 711. The quantitative estimate of drug-likeness (QED) is 0.808. The van der Waals surface area contributed by atoms with Crippen LogP contribution in [0.1, 0.15) is 37.7 Å². The molecule has 126 valence electrons. The maximum Gasteiger partial charge on any atom is 0.226 e. The van der Waals surface area contributed by atoms with E-state index in [0.29, 0.717) is 5.57 Å². The van der Waals surface area contributed by atoms with Gasteiger partial charge in [-0.25, -0.2) is 8.78 Å². The van der Waals surface area contributed by atoms with Gasteiger partial charge in [-0.2, -0.15) is 0 Å². The Kier molecular flexibility index (Phi) is 3.99. The molecule has 0 unspecified atom stereocenters. The number of halogens is 2. The van der Waals surface area contributed by atoms with Crippen molar-refractivity contribution >= 4 is 11.5 Å². The zero-order chi connectivity index (χ0) is 16.7. The third kappa shape index (κ3) is 2.68. The van der Waals surface area contributed by atoms with Crippen molar-refractivity contribution in [1.82, 2.24) is 4.90 Å². The summed E-state index contributed by atoms with van der Waals surface area (Å²) in [5.41, 5.74) is 1.67. The van der Waals surface area contributed by atoms with Crippen molar-refractivity contribution in [2.45, 2.75) is 32.1 Å². The number of hydrogen-bond donors (Lipinski definition) is 0. The van der Waals surface area contributed by atoms with Gasteiger partial charge in [-0.05, 0) is 61.3 Å². The molecule has 2 aliphatic carbocycles. The van der Waals surface area contributed by atoms with Crippen LogP contribution < -0.4 is 0 Å². The number of hydrogen-bond acceptors (Lipinski definition) is 1. The largest absolute Gasteiger partial charge is 0.342 e. The zero-order valence-electron chi connectivity index (χ0n) is 13.6. The van der Waals surface area contributed by atoms with Crippen LogP contribution in [0, 0.1) is 23.5 Å². The van der Waals surface area contributed by atoms with Gasteiger partial charge < -0.3 is 4.90 Å². The van der Waals surface area contributed by atoms with Crippen molar-refractivity contribution in [3.05, 3.63) is 53.1 Å². The van der Waals surface area contributed by atoms with Gasteiger partial charge in [-0.3, -0.25) is 4.79 Å². The summed E-state index contributed by atoms with van der Waals surface area (Å²) in [6, 6.07) is 3.98. The molecule has 1 saturated carbocycles. The van der Waals surface area contributed by atoms with Gasteiger partial charge in [0.25, 0.3) is 0 Å². The number of benzene rings is 1. The molecular weight excluding hydrogens is 308 g/mol. The first-order chi connectivity index (χ1) is 11.7. The van der Waals surface area contributed by atoms with Gasteiger partial charge in [0.2, 0.25) is 5.91 Å². The topological polar surface area (TPSA) is 20.3 Å². The van der Waals surface area contributed by atoms with Crippen LogP contribution in [0.5, 0.6) is 0 Å². The highest BCUT2D eigenvalue weighted by Crippen LogP contribution is 2.51. The Morgan fingerprint density at radius 2 is 1.71 bits per heavy atom. The second kappa shape index (κ2) is 6.15. The number of amides is 1. The second-order valence-corrected chi connectivity index (χ2v) is 6.93. The van der Waals surface area contributed by atoms with E-state index in [1.54, 1.807) is 0 Å². The molecule has 0 radical (unpaired) electrons. The molecule has 1 aromatic rings. The first kappa shape index (κ1) is 15.6. The molecule has 1 saturated heterocycles. The molecule has 4 rings (SSSR count). The molecule has 3 aliphatic rings. The van der Waals surface area contributed by atoms with Crippen molar-refractivity contribution in [3.8, 4) is 0 Å². The summed E-state index contributed by atoms with van der Waals surface area (Å²) in [6.45, 7) is 1.71. The summed E-state index contributed by atoms with van der Waals surface area (Å²) < 4.78 is 28.4. The molecule has 1 amide bonds. The fourth-order valence-electron chi connectivity index (χ4n) is 4.03. The molecule has 24 heavy (non-hydrogen) atoms. The summed E-state index contributed by atoms with van der Waals surface area (Å²) in [7, 11) is 0. The minimum absolute atomic E-state index is 0.00863. The lowest BCUT2D eigenvalue weighted by Crippen LogP contribution is -2.29. The molecule has 0 aromatic heterocycles. The molecule has 1 heterocycles. The van der Waals surface area contributed by atoms with Crippen LogP contribution in [0.15, 0.2) is 35.9 Å². The van der Waals surface area contributed by atoms with E-state index in [1.807, 2.05) is 11.0 Å². The lowest BCUT2D eigenvalue weighted by Gasteiger charge is -2.19. The first-order valence-electron chi connectivity index (χ1n) is 8.80. The predicted molar refractivity (Wildman–Crippen MR) is 89.1 cm³/mol. The summed E-state index contributed by atoms with van der Waals surface area (Å²) in [4.78, 5) is 14.5. The van der Waals surface area contributed by atoms with Crippen LogP contribution in [0.4, 0.5) is 8.78 Å². The van der Waals surface area contributed by atoms with Gasteiger partial charge in [-0.1, -0.05) is 18.2 Å². The number of likely N-dealkylation sites (tertiary alicyclic amines) is 1. The Balaban J connectivity index is 1.58. The molecule has 2 atom stereocenters. The minimum atomic E-state index is -0.530. The van der Waals surface area contributed by atoms with Crippen LogP contribution in [0.3, 0.4) is 0 Å². The number of carbonyl (C=O) groups excluding carboxylic acids is 1. The van der Waals surface area contributed by atoms with Gasteiger partial charge in [-0.15, -0.1) is 0 Å². The van der Waals surface area contributed by atoms with E-state index in [2.05, 4.69) is 6.08 Å². The van der Waals surface area contributed by atoms with E-state index in [4.69, 9.17) is 0 Å². The van der Waals surface area contributed by atoms with Crippen LogP contribution >= 0.6 is 0 Å². The smallest absolute Gasteiger partial charge is 0.226 e. The van der Waals surface area contributed by atoms with Gasteiger partial charge in [0, 0.05) is 19.0 Å². The van der Waals surface area contributed by atoms with E-state index in [1.165, 1.54) is 18.2 Å². The van der Waals surface area contributed by atoms with Gasteiger partial charge in [0.15, 0.2) is 0 Å². The molecule has 4 heteroatoms. The second-order valence-electron chi connectivity index (χ2n) is 6.93. The average molecular weight is 329 g/mol. The van der Waals surface area contributed by atoms with Crippen LogP contribution in [0.2, 0.25) is 0 Å². The highest BCUT2D eigenvalue weighted by Gasteiger charge is 2.48. The predicted octanol–water partition coefficient (Wildman–Crippen LogP) is 4.33. The van der Waals surface area contributed by atoms with E-state index in [9.17, 15) is 13.6 Å². The lowest BCUT2D eigenvalue weighted by atomic mass is 9.87. The maximum absolute atomic E-state index is 14.2. The number of allylic oxidation sites excluding steroid dienone is 4. The van der Waals surface area contributed by atoms with Crippen LogP contribution in [-0.2, 0) is 4.79 Å². The van der Waals surface area contributed by atoms with Gasteiger partial charge in [0.05, 0.1) is 5.56 Å². The van der Waals surface area contributed by atoms with E-state index >= 15 is 0 Å². The van der Waals surface area contributed by atoms with Gasteiger partial charge >= 0.3 is 0 Å². The molecule has 2 fully saturated rings. The molecule has 0 spiro atoms. The van der Waals surface area contributed by atoms with Crippen molar-refractivity contribution in [3.63, 3.8) is 0 Å². The normalized spacial score (nSPS) is 26.2. The fraction of sp³-hybridized carbons (Fsp3) is 0.450. The lowest BCUT2D eigenvalue weighted by molar-refractivity contribution is -0.131. The number of rotatable bonds is 3. The SMILES string of the molecule is O=C([C@@H]1C[C@H]1C1=CCCC=C1c1c(F)cccc1F)N1CCCC1. The third-order valence-electron chi connectivity index (χ3n) is 5.35. The molecule has 2 nitrogen and oxygen atoms in total. The van der Waals surface area contributed by atoms with Crippen LogP contribution in [-0.4, -0.2) is 23.9 Å². The molecule has 0 N–H and O–H groups in total. The summed E-state index contributed by atoms with van der Waals surface area (Å²) in [5, 5.41) is 0. The first-order valence-corrected chi connectivity index (χ1v) is 8.80. The monoisotopic (exact) mass is 329 g/mol. The molecule has 1 aliphatic heterocycles. The van der Waals surface area contributed by atoms with Crippen molar-refractivity contribution in [2.24, 2.45) is 11.8 Å². The Labute approximate surface area is 140 Å². The Hall–Kier alpha value is -1.97. The maximum atomic E-state index is 14.2. The molecule has 0 bridgehead atoms. The molecular formula is C20H21F2NO. The Morgan fingerprint density at radius 3 is 2.42 bits per heavy atom. The molecule has 1 aromatic carbocycles. The number of nitrogens with zero attached hydrogens (tertiary/aromatic N) is 1. The highest BCUT2D eigenvalue weighted by molar-refractivity contribution is 5.87. The van der Waals surface area contributed by atoms with E-state index in [-0.39, 0.29) is 23.3 Å². The van der Waals surface area contributed by atoms with E-state index < -0.39 is 11.6 Å². The minimum Gasteiger partial charge on any atom is -0.342 e. The fourth-order valence-corrected chi connectivity index (χ4v) is 4.03. The van der Waals surface area contributed by atoms with Gasteiger partial charge in [0.1, 0.15) is 11.6 Å². The van der Waals surface area contributed by atoms with E-state index in [0.717, 1.165) is 50.8 Å². The third-order valence-corrected chi connectivity index (χ3v) is 5.35. The zero-order valence-corrected chi connectivity index (χ0v) is 13.6. The Morgan fingerprint density at radius 1 is 1.04 bits per heavy atom. The van der Waals surface area contributed by atoms with Crippen molar-refractivity contribution < 1.29 is 13.6 Å². The van der Waals surface area contributed by atoms with Crippen molar-refractivity contribution in [1.29, 1.82) is 0 Å². The number of carbonyl (C=O) groups is 1. The average Bonchev–Trinajstić information content (AvgIpc) is 3.18. The van der Waals surface area contributed by atoms with Crippen LogP contribution in [0.25, 0.3) is 5.57 Å². The summed E-state index contributed by atoms with van der Waals surface area (Å²) >= 11 is 0.